The van der Waals surface area contributed by atoms with Crippen LogP contribution < -0.4 is 0 Å². The van der Waals surface area contributed by atoms with E-state index in [1.165, 1.54) is 11.6 Å². The third kappa shape index (κ3) is 6.38. The first-order valence-electron chi connectivity index (χ1n) is 10.7. The van der Waals surface area contributed by atoms with E-state index in [1.807, 2.05) is 12.1 Å². The average Bonchev–Trinajstić information content (AvgIpc) is 3.22. The molecular weight excluding hydrogens is 416 g/mol. The van der Waals surface area contributed by atoms with Crippen LogP contribution in [-0.2, 0) is 11.2 Å². The Morgan fingerprint density at radius 2 is 1.90 bits per heavy atom. The van der Waals surface area contributed by atoms with E-state index in [2.05, 4.69) is 41.7 Å². The fourth-order valence-electron chi connectivity index (χ4n) is 3.60. The molecule has 0 saturated carbocycles. The number of nitrogens with zero attached hydrogens (tertiary/aromatic N) is 2. The van der Waals surface area contributed by atoms with Crippen molar-refractivity contribution in [2.45, 2.75) is 76.9 Å². The highest BCUT2D eigenvalue weighted by molar-refractivity contribution is 6.76. The molecule has 1 N–H and O–H groups in total. The van der Waals surface area contributed by atoms with Crippen molar-refractivity contribution >= 4 is 14.2 Å². The molecule has 1 unspecified atom stereocenters. The number of aromatic amines is 1. The van der Waals surface area contributed by atoms with Crippen LogP contribution in [0.3, 0.4) is 0 Å². The summed E-state index contributed by atoms with van der Waals surface area (Å²) in [6.45, 7) is 11.6. The van der Waals surface area contributed by atoms with E-state index in [-0.39, 0.29) is 0 Å². The molecule has 31 heavy (non-hydrogen) atoms. The van der Waals surface area contributed by atoms with E-state index in [1.54, 1.807) is 27.0 Å². The summed E-state index contributed by atoms with van der Waals surface area (Å²) in [5.41, 5.74) is 2.21. The number of amides is 1. The smallest absolute Gasteiger partial charge is 0.411 e. The highest BCUT2D eigenvalue weighted by Crippen LogP contribution is 2.41. The zero-order valence-electron chi connectivity index (χ0n) is 19.3. The van der Waals surface area contributed by atoms with E-state index in [0.29, 0.717) is 5.82 Å². The fraction of sp³-hybridized carbons (Fsp3) is 0.565. The van der Waals surface area contributed by atoms with Gasteiger partial charge in [0.25, 0.3) is 5.92 Å². The topological polar surface area (TPSA) is 58.2 Å². The van der Waals surface area contributed by atoms with Crippen molar-refractivity contribution < 1.29 is 18.3 Å². The Labute approximate surface area is 184 Å². The first-order chi connectivity index (χ1) is 14.2. The van der Waals surface area contributed by atoms with Crippen LogP contribution in [0.1, 0.15) is 44.6 Å². The number of benzene rings is 1. The molecule has 1 fully saturated rings. The summed E-state index contributed by atoms with van der Waals surface area (Å²) in [7, 11) is -1.09. The maximum absolute atomic E-state index is 14.2. The second-order valence-corrected chi connectivity index (χ2v) is 16.2. The molecule has 0 radical (unpaired) electrons. The Morgan fingerprint density at radius 3 is 2.48 bits per heavy atom. The van der Waals surface area contributed by atoms with Gasteiger partial charge < -0.3 is 9.72 Å². The van der Waals surface area contributed by atoms with Gasteiger partial charge in [0, 0.05) is 14.5 Å². The molecule has 0 aliphatic carbocycles. The predicted molar refractivity (Wildman–Crippen MR) is 121 cm³/mol. The number of carbonyl (C=O) groups excluding carboxylic acids is 1. The van der Waals surface area contributed by atoms with Gasteiger partial charge in [-0.1, -0.05) is 50.0 Å². The minimum atomic E-state index is -2.98. The molecule has 1 aliphatic rings. The molecule has 2 heterocycles. The number of alkyl halides is 2. The molecule has 0 spiro atoms. The number of halogens is 2. The molecule has 170 valence electrons. The number of likely N-dealkylation sites (tertiary alicyclic amines) is 1. The maximum Gasteiger partial charge on any atom is 0.411 e. The number of aryl methyl sites for hydroxylation is 1. The van der Waals surface area contributed by atoms with Crippen LogP contribution in [-0.4, -0.2) is 47.1 Å². The molecule has 1 atom stereocenters. The zero-order valence-corrected chi connectivity index (χ0v) is 20.3. The lowest BCUT2D eigenvalue weighted by atomic mass is 10.1. The largest absolute Gasteiger partial charge is 0.444 e. The van der Waals surface area contributed by atoms with Gasteiger partial charge in [0.05, 0.1) is 24.5 Å². The molecule has 1 aromatic heterocycles. The minimum Gasteiger partial charge on any atom is -0.444 e. The summed E-state index contributed by atoms with van der Waals surface area (Å²) in [5.74, 6) is -2.63. The van der Waals surface area contributed by atoms with Crippen molar-refractivity contribution in [3.05, 3.63) is 41.9 Å². The van der Waals surface area contributed by atoms with Crippen molar-refractivity contribution in [1.29, 1.82) is 0 Å². The Bertz CT molecular complexity index is 914. The monoisotopic (exact) mass is 449 g/mol. The van der Waals surface area contributed by atoms with Crippen LogP contribution in [0.2, 0.25) is 25.7 Å². The van der Waals surface area contributed by atoms with E-state index in [9.17, 15) is 13.6 Å². The average molecular weight is 450 g/mol. The lowest BCUT2D eigenvalue weighted by molar-refractivity contribution is -0.00248. The molecule has 0 bridgehead atoms. The van der Waals surface area contributed by atoms with Crippen LogP contribution in [0.25, 0.3) is 11.3 Å². The Kier molecular flexibility index (Phi) is 6.33. The Balaban J connectivity index is 1.76. The van der Waals surface area contributed by atoms with Gasteiger partial charge in [0.15, 0.2) is 0 Å². The number of hydrogen-bond donors (Lipinski definition) is 1. The quantitative estimate of drug-likeness (QED) is 0.547. The van der Waals surface area contributed by atoms with Crippen molar-refractivity contribution in [2.75, 3.05) is 6.54 Å². The summed E-state index contributed by atoms with van der Waals surface area (Å²) in [5, 5.41) is 0. The van der Waals surface area contributed by atoms with E-state index >= 15 is 0 Å². The lowest BCUT2D eigenvalue weighted by Crippen LogP contribution is -2.38. The number of carbonyl (C=O) groups is 1. The van der Waals surface area contributed by atoms with Crippen molar-refractivity contribution in [2.24, 2.45) is 0 Å². The second kappa shape index (κ2) is 8.37. The van der Waals surface area contributed by atoms with Gasteiger partial charge in [-0.15, -0.1) is 0 Å². The van der Waals surface area contributed by atoms with E-state index in [0.717, 1.165) is 22.6 Å². The zero-order chi connectivity index (χ0) is 23.0. The Morgan fingerprint density at radius 1 is 1.26 bits per heavy atom. The van der Waals surface area contributed by atoms with Crippen molar-refractivity contribution in [1.82, 2.24) is 14.9 Å². The van der Waals surface area contributed by atoms with Gasteiger partial charge in [-0.05, 0) is 38.3 Å². The highest BCUT2D eigenvalue weighted by Gasteiger charge is 2.49. The summed E-state index contributed by atoms with van der Waals surface area (Å²) in [4.78, 5) is 21.1. The fourth-order valence-corrected chi connectivity index (χ4v) is 4.64. The molecular formula is C23H33F2N3O2Si. The standard InChI is InChI=1S/C23H33F2N3O2Si/c1-22(2,3)30-21(29)28-15-23(24,25)13-19(28)20-26-14-18(27-20)17-9-7-16(8-10-17)11-12-31(4,5)6/h7-10,14,19H,11-13,15H2,1-6H3,(H,26,27). The first kappa shape index (κ1) is 23.4. The van der Waals surface area contributed by atoms with Crippen molar-refractivity contribution in [3.8, 4) is 11.3 Å². The van der Waals surface area contributed by atoms with Gasteiger partial charge in [0.2, 0.25) is 0 Å². The molecule has 1 amide bonds. The van der Waals surface area contributed by atoms with Gasteiger partial charge in [-0.2, -0.15) is 0 Å². The summed E-state index contributed by atoms with van der Waals surface area (Å²) >= 11 is 0. The number of rotatable bonds is 5. The third-order valence-corrected chi connectivity index (χ3v) is 6.99. The summed E-state index contributed by atoms with van der Waals surface area (Å²) in [6.07, 6.45) is 1.47. The summed E-state index contributed by atoms with van der Waals surface area (Å²) in [6, 6.07) is 8.63. The SMILES string of the molecule is CC(C)(C)OC(=O)N1CC(F)(F)CC1c1ncc(-c2ccc(CC[Si](C)(C)C)cc2)[nH]1. The number of imidazole rings is 1. The molecule has 2 aromatic rings. The highest BCUT2D eigenvalue weighted by atomic mass is 28.3. The third-order valence-electron chi connectivity index (χ3n) is 5.24. The van der Waals surface area contributed by atoms with Gasteiger partial charge >= 0.3 is 6.09 Å². The van der Waals surface area contributed by atoms with Crippen LogP contribution in [0.5, 0.6) is 0 Å². The second-order valence-electron chi connectivity index (χ2n) is 10.6. The molecule has 5 nitrogen and oxygen atoms in total. The van der Waals surface area contributed by atoms with E-state index < -0.39 is 44.7 Å². The maximum atomic E-state index is 14.2. The number of aromatic nitrogens is 2. The van der Waals surface area contributed by atoms with Gasteiger partial charge in [-0.25, -0.2) is 18.6 Å². The number of nitrogens with one attached hydrogen (secondary N) is 1. The van der Waals surface area contributed by atoms with Crippen LogP contribution in [0, 0.1) is 0 Å². The molecule has 1 saturated heterocycles. The normalized spacial score (nSPS) is 19.0. The molecule has 3 rings (SSSR count). The minimum absolute atomic E-state index is 0.348. The summed E-state index contributed by atoms with van der Waals surface area (Å²) < 4.78 is 33.7. The van der Waals surface area contributed by atoms with Crippen LogP contribution >= 0.6 is 0 Å². The molecule has 1 aliphatic heterocycles. The van der Waals surface area contributed by atoms with Crippen molar-refractivity contribution in [3.63, 3.8) is 0 Å². The number of H-pyrrole nitrogens is 1. The van der Waals surface area contributed by atoms with E-state index in [4.69, 9.17) is 4.74 Å². The Hall–Kier alpha value is -2.22. The molecule has 8 heteroatoms. The van der Waals surface area contributed by atoms with Crippen LogP contribution in [0.15, 0.2) is 30.5 Å². The molecule has 1 aromatic carbocycles. The lowest BCUT2D eigenvalue weighted by Gasteiger charge is -2.27. The number of ether oxygens (including phenoxy) is 1. The van der Waals surface area contributed by atoms with Crippen LogP contribution in [0.4, 0.5) is 13.6 Å². The van der Waals surface area contributed by atoms with Gasteiger partial charge in [-0.3, -0.25) is 4.90 Å². The first-order valence-corrected chi connectivity index (χ1v) is 14.4. The predicted octanol–water partition coefficient (Wildman–Crippen LogP) is 6.27. The van der Waals surface area contributed by atoms with Gasteiger partial charge in [0.1, 0.15) is 11.4 Å². The number of hydrogen-bond acceptors (Lipinski definition) is 3.